The number of nitrogens with two attached hydrogens (primary N) is 1. The number of ether oxygens (including phenoxy) is 1. The van der Waals surface area contributed by atoms with E-state index in [-0.39, 0.29) is 5.82 Å². The minimum Gasteiger partial charge on any atom is -0.383 e. The van der Waals surface area contributed by atoms with E-state index in [1.807, 2.05) is 0 Å². The van der Waals surface area contributed by atoms with Crippen LogP contribution in [0.3, 0.4) is 0 Å². The van der Waals surface area contributed by atoms with Crippen LogP contribution >= 0.6 is 0 Å². The molecule has 8 heteroatoms. The lowest BCUT2D eigenvalue weighted by atomic mass is 10.1. The van der Waals surface area contributed by atoms with Crippen LogP contribution in [0.5, 0.6) is 0 Å². The van der Waals surface area contributed by atoms with Crippen molar-refractivity contribution < 1.29 is 4.74 Å². The second kappa shape index (κ2) is 5.44. The first-order valence-electron chi connectivity index (χ1n) is 5.63. The van der Waals surface area contributed by atoms with Gasteiger partial charge in [0.2, 0.25) is 0 Å². The predicted molar refractivity (Wildman–Crippen MR) is 67.8 cm³/mol. The topological polar surface area (TPSA) is 119 Å². The molecule has 0 aromatic carbocycles. The lowest BCUT2D eigenvalue weighted by Crippen LogP contribution is -2.27. The molecule has 2 rings (SSSR count). The molecule has 3 atom stereocenters. The number of hydrogen-bond donors (Lipinski definition) is 1. The summed E-state index contributed by atoms with van der Waals surface area (Å²) in [4.78, 5) is 18.1. The maximum Gasteiger partial charge on any atom is 0.351 e. The lowest BCUT2D eigenvalue weighted by molar-refractivity contribution is 0.00000861. The highest BCUT2D eigenvalue weighted by atomic mass is 16.5. The first kappa shape index (κ1) is 13.0. The lowest BCUT2D eigenvalue weighted by Gasteiger charge is -2.14. The zero-order chi connectivity index (χ0) is 13.8. The van der Waals surface area contributed by atoms with Crippen LogP contribution in [-0.4, -0.2) is 21.7 Å². The molecule has 0 radical (unpaired) electrons. The summed E-state index contributed by atoms with van der Waals surface area (Å²) in [6, 6.07) is 1.11. The van der Waals surface area contributed by atoms with Crippen molar-refractivity contribution in [2.75, 3.05) is 5.73 Å². The van der Waals surface area contributed by atoms with Gasteiger partial charge < -0.3 is 10.5 Å². The Balaban J connectivity index is 2.26. The number of terminal acetylenes is 1. The Morgan fingerprint density at radius 3 is 3.21 bits per heavy atom. The Morgan fingerprint density at radius 2 is 2.58 bits per heavy atom. The first-order chi connectivity index (χ1) is 9.15. The highest BCUT2D eigenvalue weighted by molar-refractivity contribution is 5.23. The fourth-order valence-electron chi connectivity index (χ4n) is 2.02. The predicted octanol–water partition coefficient (Wildman–Crippen LogP) is 0.815. The molecule has 0 aliphatic carbocycles. The van der Waals surface area contributed by atoms with E-state index in [9.17, 15) is 4.79 Å². The number of rotatable bonds is 3. The minimum absolute atomic E-state index is 0.144. The Kier molecular flexibility index (Phi) is 3.71. The molecule has 0 saturated carbocycles. The van der Waals surface area contributed by atoms with Gasteiger partial charge in [0.1, 0.15) is 12.0 Å². The first-order valence-corrected chi connectivity index (χ1v) is 5.63. The van der Waals surface area contributed by atoms with E-state index in [1.165, 1.54) is 16.8 Å². The van der Waals surface area contributed by atoms with E-state index in [0.717, 1.165) is 0 Å². The highest BCUT2D eigenvalue weighted by Gasteiger charge is 2.35. The molecule has 1 saturated heterocycles. The summed E-state index contributed by atoms with van der Waals surface area (Å²) in [5, 5.41) is 3.65. The molecule has 19 heavy (non-hydrogen) atoms. The van der Waals surface area contributed by atoms with Gasteiger partial charge in [-0.1, -0.05) is 5.11 Å². The summed E-state index contributed by atoms with van der Waals surface area (Å²) >= 11 is 0. The molecule has 1 aliphatic heterocycles. The molecular formula is C11H12N6O2. The van der Waals surface area contributed by atoms with Gasteiger partial charge in [-0.15, -0.1) is 12.3 Å². The molecule has 2 heterocycles. The third-order valence-corrected chi connectivity index (χ3v) is 2.88. The van der Waals surface area contributed by atoms with Gasteiger partial charge in [-0.05, 0) is 11.6 Å². The zero-order valence-corrected chi connectivity index (χ0v) is 10.0. The summed E-state index contributed by atoms with van der Waals surface area (Å²) in [7, 11) is 0. The smallest absolute Gasteiger partial charge is 0.351 e. The van der Waals surface area contributed by atoms with Crippen LogP contribution in [0.25, 0.3) is 10.4 Å². The van der Waals surface area contributed by atoms with Crippen molar-refractivity contribution in [1.82, 2.24) is 9.55 Å². The van der Waals surface area contributed by atoms with E-state index >= 15 is 0 Å². The largest absolute Gasteiger partial charge is 0.383 e. The van der Waals surface area contributed by atoms with Gasteiger partial charge in [-0.3, -0.25) is 4.57 Å². The monoisotopic (exact) mass is 260 g/mol. The maximum absolute atomic E-state index is 11.7. The number of nitrogen functional groups attached to an aromatic ring is 1. The third-order valence-electron chi connectivity index (χ3n) is 2.88. The standard InChI is InChI=1S/C11H12N6O2/c1-2-3-8-7(15-16-13)6-10(19-8)17-5-4-9(12)14-11(17)18/h1,4-5,7-8,10H,3,6H2,(H2,12,14,18)/t7-,8+,10+/m0/s1. The quantitative estimate of drug-likeness (QED) is 0.374. The van der Waals surface area contributed by atoms with Gasteiger partial charge in [0.15, 0.2) is 0 Å². The van der Waals surface area contributed by atoms with E-state index in [4.69, 9.17) is 22.4 Å². The van der Waals surface area contributed by atoms with Crippen molar-refractivity contribution in [3.63, 3.8) is 0 Å². The number of aromatic nitrogens is 2. The number of azide groups is 1. The van der Waals surface area contributed by atoms with Crippen molar-refractivity contribution >= 4 is 5.82 Å². The Labute approximate surface area is 108 Å². The van der Waals surface area contributed by atoms with Gasteiger partial charge in [0.05, 0.1) is 12.1 Å². The van der Waals surface area contributed by atoms with Crippen molar-refractivity contribution in [2.45, 2.75) is 31.2 Å². The van der Waals surface area contributed by atoms with Gasteiger partial charge in [-0.2, -0.15) is 4.98 Å². The van der Waals surface area contributed by atoms with Crippen molar-refractivity contribution in [3.05, 3.63) is 33.2 Å². The van der Waals surface area contributed by atoms with Gasteiger partial charge in [0.25, 0.3) is 0 Å². The van der Waals surface area contributed by atoms with Crippen LogP contribution in [-0.2, 0) is 4.74 Å². The number of nitrogens with zero attached hydrogens (tertiary/aromatic N) is 5. The number of anilines is 1. The van der Waals surface area contributed by atoms with Gasteiger partial charge in [0, 0.05) is 24.0 Å². The van der Waals surface area contributed by atoms with Crippen LogP contribution in [0.1, 0.15) is 19.1 Å². The van der Waals surface area contributed by atoms with Crippen LogP contribution in [0.4, 0.5) is 5.82 Å². The molecule has 1 aromatic heterocycles. The summed E-state index contributed by atoms with van der Waals surface area (Å²) in [5.41, 5.74) is 13.4. The molecule has 0 spiro atoms. The zero-order valence-electron chi connectivity index (χ0n) is 10.0. The van der Waals surface area contributed by atoms with E-state index in [0.29, 0.717) is 12.8 Å². The second-order valence-corrected chi connectivity index (χ2v) is 4.09. The molecule has 1 aromatic rings. The van der Waals surface area contributed by atoms with E-state index < -0.39 is 24.1 Å². The summed E-state index contributed by atoms with van der Waals surface area (Å²) in [6.07, 6.45) is 6.49. The Morgan fingerprint density at radius 1 is 1.79 bits per heavy atom. The van der Waals surface area contributed by atoms with E-state index in [2.05, 4.69) is 20.9 Å². The van der Waals surface area contributed by atoms with Crippen LogP contribution in [0, 0.1) is 12.3 Å². The summed E-state index contributed by atoms with van der Waals surface area (Å²) in [6.45, 7) is 0. The van der Waals surface area contributed by atoms with Gasteiger partial charge in [-0.25, -0.2) is 4.79 Å². The Bertz CT molecular complexity index is 612. The van der Waals surface area contributed by atoms with Crippen molar-refractivity contribution in [2.24, 2.45) is 5.11 Å². The van der Waals surface area contributed by atoms with Crippen LogP contribution in [0.15, 0.2) is 22.2 Å². The Hall–Kier alpha value is -2.49. The summed E-state index contributed by atoms with van der Waals surface area (Å²) < 4.78 is 6.96. The molecule has 0 unspecified atom stereocenters. The molecule has 1 aliphatic rings. The molecule has 0 amide bonds. The highest BCUT2D eigenvalue weighted by Crippen LogP contribution is 2.31. The molecule has 0 bridgehead atoms. The molecule has 98 valence electrons. The van der Waals surface area contributed by atoms with Crippen molar-refractivity contribution in [1.29, 1.82) is 0 Å². The van der Waals surface area contributed by atoms with E-state index in [1.54, 1.807) is 0 Å². The maximum atomic E-state index is 11.7. The summed E-state index contributed by atoms with van der Waals surface area (Å²) in [5.74, 6) is 2.61. The fourth-order valence-corrected chi connectivity index (χ4v) is 2.02. The average Bonchev–Trinajstić information content (AvgIpc) is 2.73. The minimum atomic E-state index is -0.547. The molecule has 8 nitrogen and oxygen atoms in total. The molecule has 1 fully saturated rings. The third kappa shape index (κ3) is 2.68. The van der Waals surface area contributed by atoms with Crippen LogP contribution in [0.2, 0.25) is 0 Å². The number of hydrogen-bond acceptors (Lipinski definition) is 5. The molecular weight excluding hydrogens is 248 g/mol. The second-order valence-electron chi connectivity index (χ2n) is 4.09. The van der Waals surface area contributed by atoms with Crippen molar-refractivity contribution in [3.8, 4) is 12.3 Å². The normalized spacial score (nSPS) is 25.5. The molecule has 2 N–H and O–H groups in total. The average molecular weight is 260 g/mol. The SMILES string of the molecule is C#CC[C@H]1O[C@@H](n2ccc(N)nc2=O)C[C@@H]1N=[N+]=[N-]. The fraction of sp³-hybridized carbons (Fsp3) is 0.455. The van der Waals surface area contributed by atoms with Gasteiger partial charge >= 0.3 is 5.69 Å². The van der Waals surface area contributed by atoms with Crippen LogP contribution < -0.4 is 11.4 Å².